The summed E-state index contributed by atoms with van der Waals surface area (Å²) >= 11 is 4.00. The molecule has 1 N–H and O–H groups in total. The average Bonchev–Trinajstić information content (AvgIpc) is 2.06. The number of thioether (sulfide) groups is 2. The van der Waals surface area contributed by atoms with Crippen LogP contribution in [-0.2, 0) is 0 Å². The smallest absolute Gasteiger partial charge is 0.0575 e. The van der Waals surface area contributed by atoms with Crippen LogP contribution in [0, 0.1) is 5.41 Å². The van der Waals surface area contributed by atoms with E-state index >= 15 is 0 Å². The molecule has 0 amide bonds. The predicted molar refractivity (Wildman–Crippen MR) is 54.2 cm³/mol. The van der Waals surface area contributed by atoms with Gasteiger partial charge in [0.2, 0.25) is 0 Å². The third-order valence-corrected chi connectivity index (χ3v) is 5.62. The Labute approximate surface area is 77.3 Å². The van der Waals surface area contributed by atoms with E-state index < -0.39 is 0 Å². The summed E-state index contributed by atoms with van der Waals surface area (Å²) in [6.07, 6.45) is 1.33. The predicted octanol–water partition coefficient (Wildman–Crippen LogP) is 2.20. The maximum absolute atomic E-state index is 9.12. The zero-order valence-electron chi connectivity index (χ0n) is 7.17. The Hall–Kier alpha value is 0.660. The Morgan fingerprint density at radius 1 is 1.36 bits per heavy atom. The molecule has 0 spiro atoms. The summed E-state index contributed by atoms with van der Waals surface area (Å²) in [5, 5.41) is 9.12. The second-order valence-corrected chi connectivity index (χ2v) is 6.30. The van der Waals surface area contributed by atoms with E-state index in [4.69, 9.17) is 5.11 Å². The summed E-state index contributed by atoms with van der Waals surface area (Å²) in [6.45, 7) is 4.59. The number of rotatable bonds is 2. The van der Waals surface area contributed by atoms with Gasteiger partial charge in [0.05, 0.1) is 11.2 Å². The molecule has 0 radical (unpaired) electrons. The van der Waals surface area contributed by atoms with Gasteiger partial charge in [-0.3, -0.25) is 0 Å². The van der Waals surface area contributed by atoms with Gasteiger partial charge in [0.15, 0.2) is 0 Å². The van der Waals surface area contributed by atoms with Crippen molar-refractivity contribution >= 4 is 23.5 Å². The Morgan fingerprint density at radius 3 is 2.36 bits per heavy atom. The van der Waals surface area contributed by atoms with E-state index in [-0.39, 0.29) is 5.41 Å². The fraction of sp³-hybridized carbons (Fsp3) is 1.00. The van der Waals surface area contributed by atoms with Gasteiger partial charge in [-0.15, -0.1) is 23.5 Å². The summed E-state index contributed by atoms with van der Waals surface area (Å²) in [5.74, 6) is 2.53. The molecule has 0 aromatic heterocycles. The molecule has 0 saturated carbocycles. The Bertz CT molecular complexity index is 119. The van der Waals surface area contributed by atoms with Gasteiger partial charge in [-0.2, -0.15) is 0 Å². The molecule has 0 unspecified atom stereocenters. The first-order chi connectivity index (χ1) is 5.17. The first kappa shape index (κ1) is 9.75. The molecule has 1 aliphatic heterocycles. The minimum Gasteiger partial charge on any atom is -0.396 e. The molecule has 1 heterocycles. The van der Waals surface area contributed by atoms with Crippen LogP contribution < -0.4 is 0 Å². The van der Waals surface area contributed by atoms with Crippen molar-refractivity contribution in [2.45, 2.75) is 24.9 Å². The first-order valence-corrected chi connectivity index (χ1v) is 6.10. The lowest BCUT2D eigenvalue weighted by Gasteiger charge is -2.34. The summed E-state index contributed by atoms with van der Waals surface area (Å²) in [5.41, 5.74) is 0.0930. The van der Waals surface area contributed by atoms with Gasteiger partial charge in [0.25, 0.3) is 0 Å². The van der Waals surface area contributed by atoms with E-state index in [1.54, 1.807) is 0 Å². The zero-order valence-corrected chi connectivity index (χ0v) is 8.80. The lowest BCUT2D eigenvalue weighted by atomic mass is 9.98. The molecule has 0 aliphatic carbocycles. The lowest BCUT2D eigenvalue weighted by Crippen LogP contribution is -2.30. The van der Waals surface area contributed by atoms with Crippen molar-refractivity contribution in [3.05, 3.63) is 0 Å². The van der Waals surface area contributed by atoms with Crippen molar-refractivity contribution in [1.82, 2.24) is 0 Å². The molecule has 1 fully saturated rings. The van der Waals surface area contributed by atoms with Crippen molar-refractivity contribution in [1.29, 1.82) is 0 Å². The van der Waals surface area contributed by atoms with Crippen LogP contribution in [0.2, 0.25) is 0 Å². The summed E-state index contributed by atoms with van der Waals surface area (Å²) in [7, 11) is 0. The Kier molecular flexibility index (Phi) is 3.59. The molecule has 0 atom stereocenters. The summed E-state index contributed by atoms with van der Waals surface area (Å²) < 4.78 is 0.598. The van der Waals surface area contributed by atoms with Crippen LogP contribution in [0.3, 0.4) is 0 Å². The molecule has 1 rings (SSSR count). The van der Waals surface area contributed by atoms with Gasteiger partial charge in [0.1, 0.15) is 0 Å². The molecule has 1 nitrogen and oxygen atoms in total. The fourth-order valence-corrected chi connectivity index (χ4v) is 4.26. The van der Waals surface area contributed by atoms with Gasteiger partial charge in [-0.05, 0) is 17.9 Å². The van der Waals surface area contributed by atoms with Crippen molar-refractivity contribution in [3.8, 4) is 0 Å². The van der Waals surface area contributed by atoms with E-state index in [9.17, 15) is 0 Å². The molecule has 0 aromatic rings. The second-order valence-electron chi connectivity index (χ2n) is 3.57. The Morgan fingerprint density at radius 2 is 1.91 bits per heavy atom. The molecule has 0 bridgehead atoms. The molecular weight excluding hydrogens is 176 g/mol. The van der Waals surface area contributed by atoms with Gasteiger partial charge in [-0.25, -0.2) is 0 Å². The monoisotopic (exact) mass is 192 g/mol. The first-order valence-electron chi connectivity index (χ1n) is 4.01. The normalized spacial score (nSPS) is 22.1. The number of hydrogen-bond acceptors (Lipinski definition) is 3. The van der Waals surface area contributed by atoms with Crippen LogP contribution in [0.5, 0.6) is 0 Å². The topological polar surface area (TPSA) is 20.2 Å². The van der Waals surface area contributed by atoms with E-state index in [0.29, 0.717) is 11.2 Å². The third-order valence-electron chi connectivity index (χ3n) is 1.87. The minimum absolute atomic E-state index is 0.0930. The van der Waals surface area contributed by atoms with Crippen LogP contribution in [0.25, 0.3) is 0 Å². The maximum atomic E-state index is 9.12. The van der Waals surface area contributed by atoms with Gasteiger partial charge in [-0.1, -0.05) is 13.8 Å². The molecule has 11 heavy (non-hydrogen) atoms. The fourth-order valence-electron chi connectivity index (χ4n) is 1.01. The third kappa shape index (κ3) is 2.56. The van der Waals surface area contributed by atoms with Crippen molar-refractivity contribution in [2.24, 2.45) is 5.41 Å². The highest BCUT2D eigenvalue weighted by atomic mass is 32.2. The van der Waals surface area contributed by atoms with Crippen LogP contribution >= 0.6 is 23.5 Å². The maximum Gasteiger partial charge on any atom is 0.0575 e. The number of hydrogen-bond donors (Lipinski definition) is 1. The van der Waals surface area contributed by atoms with Gasteiger partial charge < -0.3 is 5.11 Å². The highest BCUT2D eigenvalue weighted by Gasteiger charge is 2.30. The van der Waals surface area contributed by atoms with E-state index in [2.05, 4.69) is 13.8 Å². The van der Waals surface area contributed by atoms with Gasteiger partial charge >= 0.3 is 0 Å². The van der Waals surface area contributed by atoms with E-state index in [0.717, 1.165) is 0 Å². The van der Waals surface area contributed by atoms with Crippen molar-refractivity contribution in [3.63, 3.8) is 0 Å². The highest BCUT2D eigenvalue weighted by Crippen LogP contribution is 2.42. The molecule has 0 aromatic carbocycles. The van der Waals surface area contributed by atoms with Crippen molar-refractivity contribution in [2.75, 3.05) is 18.1 Å². The minimum atomic E-state index is 0.0930. The SMILES string of the molecule is CC(C)(CO)C1SCCCS1. The van der Waals surface area contributed by atoms with Crippen LogP contribution in [0.15, 0.2) is 0 Å². The van der Waals surface area contributed by atoms with Crippen LogP contribution in [-0.4, -0.2) is 27.8 Å². The Balaban J connectivity index is 2.43. The van der Waals surface area contributed by atoms with Crippen LogP contribution in [0.4, 0.5) is 0 Å². The highest BCUT2D eigenvalue weighted by molar-refractivity contribution is 8.17. The lowest BCUT2D eigenvalue weighted by molar-refractivity contribution is 0.174. The molecule has 3 heteroatoms. The zero-order chi connectivity index (χ0) is 8.32. The summed E-state index contributed by atoms with van der Waals surface area (Å²) in [6, 6.07) is 0. The number of aliphatic hydroxyl groups is 1. The second kappa shape index (κ2) is 4.06. The van der Waals surface area contributed by atoms with E-state index in [1.807, 2.05) is 23.5 Å². The molecular formula is C8H16OS2. The van der Waals surface area contributed by atoms with Crippen LogP contribution in [0.1, 0.15) is 20.3 Å². The molecule has 1 aliphatic rings. The van der Waals surface area contributed by atoms with Crippen molar-refractivity contribution < 1.29 is 5.11 Å². The molecule has 1 saturated heterocycles. The largest absolute Gasteiger partial charge is 0.396 e. The summed E-state index contributed by atoms with van der Waals surface area (Å²) in [4.78, 5) is 0. The standard InChI is InChI=1S/C8H16OS2/c1-8(2,6-9)7-10-4-3-5-11-7/h7,9H,3-6H2,1-2H3. The number of aliphatic hydroxyl groups excluding tert-OH is 1. The van der Waals surface area contributed by atoms with Gasteiger partial charge in [0, 0.05) is 5.41 Å². The average molecular weight is 192 g/mol. The van der Waals surface area contributed by atoms with E-state index in [1.165, 1.54) is 17.9 Å². The quantitative estimate of drug-likeness (QED) is 0.724. The molecule has 66 valence electrons.